The van der Waals surface area contributed by atoms with Crippen LogP contribution in [-0.4, -0.2) is 25.1 Å². The van der Waals surface area contributed by atoms with Crippen molar-refractivity contribution >= 4 is 10.0 Å². The molecule has 10 heteroatoms. The molecule has 0 unspecified atom stereocenters. The number of halogens is 4. The Hall–Kier alpha value is -0.930. The van der Waals surface area contributed by atoms with E-state index in [1.807, 2.05) is 0 Å². The SMILES string of the molecule is O=NN(CF)S(=O)(=O)C(F)(F)F. The van der Waals surface area contributed by atoms with E-state index in [0.29, 0.717) is 0 Å². The molecule has 0 aromatic rings. The fourth-order valence-corrected chi connectivity index (χ4v) is 0.705. The van der Waals surface area contributed by atoms with Crippen molar-refractivity contribution in [2.75, 3.05) is 6.80 Å². The highest BCUT2D eigenvalue weighted by Gasteiger charge is 2.51. The predicted molar refractivity (Wildman–Crippen MR) is 28.6 cm³/mol. The molecule has 0 aliphatic heterocycles. The quantitative estimate of drug-likeness (QED) is 0.298. The number of nitrogens with zero attached hydrogens (tertiary/aromatic N) is 2. The molecule has 0 aromatic carbocycles. The van der Waals surface area contributed by atoms with Crippen molar-refractivity contribution in [3.8, 4) is 0 Å². The Labute approximate surface area is 64.0 Å². The van der Waals surface area contributed by atoms with Crippen molar-refractivity contribution in [2.24, 2.45) is 5.29 Å². The van der Waals surface area contributed by atoms with Gasteiger partial charge >= 0.3 is 15.5 Å². The molecule has 0 fully saturated rings. The van der Waals surface area contributed by atoms with E-state index in [0.717, 1.165) is 0 Å². The van der Waals surface area contributed by atoms with Crippen LogP contribution < -0.4 is 0 Å². The third-order valence-electron chi connectivity index (χ3n) is 0.763. The second-order valence-corrected chi connectivity index (χ2v) is 3.31. The van der Waals surface area contributed by atoms with Gasteiger partial charge in [0, 0.05) is 0 Å². The minimum atomic E-state index is -5.96. The van der Waals surface area contributed by atoms with Crippen molar-refractivity contribution in [3.63, 3.8) is 0 Å². The van der Waals surface area contributed by atoms with E-state index in [2.05, 4.69) is 0 Å². The van der Waals surface area contributed by atoms with Gasteiger partial charge in [-0.15, -0.1) is 9.32 Å². The van der Waals surface area contributed by atoms with E-state index in [9.17, 15) is 30.9 Å². The number of hydrogen-bond acceptors (Lipinski definition) is 4. The molecule has 0 aliphatic rings. The van der Waals surface area contributed by atoms with Crippen LogP contribution in [0.2, 0.25) is 0 Å². The largest absolute Gasteiger partial charge is 0.518 e. The summed E-state index contributed by atoms with van der Waals surface area (Å²) in [6.07, 6.45) is 0. The summed E-state index contributed by atoms with van der Waals surface area (Å²) in [5.41, 5.74) is -5.72. The van der Waals surface area contributed by atoms with Gasteiger partial charge in [-0.3, -0.25) is 0 Å². The average molecular weight is 210 g/mol. The Morgan fingerprint density at radius 3 is 1.83 bits per heavy atom. The molecule has 0 N–H and O–H groups in total. The van der Waals surface area contributed by atoms with Gasteiger partial charge in [0.1, 0.15) is 0 Å². The minimum Gasteiger partial charge on any atom is -0.224 e. The van der Waals surface area contributed by atoms with Gasteiger partial charge in [0.15, 0.2) is 6.80 Å². The zero-order valence-electron chi connectivity index (χ0n) is 5.25. The van der Waals surface area contributed by atoms with Crippen molar-refractivity contribution in [2.45, 2.75) is 5.51 Å². The van der Waals surface area contributed by atoms with E-state index in [1.54, 1.807) is 0 Å². The Morgan fingerprint density at radius 2 is 1.75 bits per heavy atom. The molecule has 12 heavy (non-hydrogen) atoms. The maximum Gasteiger partial charge on any atom is 0.518 e. The first-order valence-electron chi connectivity index (χ1n) is 2.25. The summed E-state index contributed by atoms with van der Waals surface area (Å²) in [5, 5.41) is 1.35. The molecule has 0 amide bonds. The van der Waals surface area contributed by atoms with Gasteiger partial charge < -0.3 is 0 Å². The lowest BCUT2D eigenvalue weighted by Crippen LogP contribution is -2.36. The molecule has 0 spiro atoms. The number of hydrogen-bond donors (Lipinski definition) is 0. The van der Waals surface area contributed by atoms with Gasteiger partial charge in [-0.05, 0) is 0 Å². The van der Waals surface area contributed by atoms with Gasteiger partial charge in [0.2, 0.25) is 0 Å². The molecule has 0 saturated carbocycles. The van der Waals surface area contributed by atoms with Gasteiger partial charge in [-0.25, -0.2) is 4.39 Å². The van der Waals surface area contributed by atoms with Crippen LogP contribution in [0.15, 0.2) is 5.29 Å². The highest BCUT2D eigenvalue weighted by molar-refractivity contribution is 7.89. The van der Waals surface area contributed by atoms with Crippen LogP contribution in [-0.2, 0) is 10.0 Å². The molecule has 72 valence electrons. The Bertz CT molecular complexity index is 258. The van der Waals surface area contributed by atoms with Crippen LogP contribution >= 0.6 is 0 Å². The smallest absolute Gasteiger partial charge is 0.224 e. The minimum absolute atomic E-state index is 1.23. The normalized spacial score (nSPS) is 12.7. The maximum absolute atomic E-state index is 11.5. The zero-order chi connectivity index (χ0) is 9.99. The summed E-state index contributed by atoms with van der Waals surface area (Å²) in [4.78, 5) is 9.39. The van der Waals surface area contributed by atoms with Gasteiger partial charge in [0.05, 0.1) is 5.29 Å². The highest BCUT2D eigenvalue weighted by atomic mass is 32.2. The lowest BCUT2D eigenvalue weighted by atomic mass is 11.4. The van der Waals surface area contributed by atoms with Crippen LogP contribution in [0.3, 0.4) is 0 Å². The zero-order valence-corrected chi connectivity index (χ0v) is 6.06. The van der Waals surface area contributed by atoms with E-state index in [1.165, 1.54) is 5.29 Å². The van der Waals surface area contributed by atoms with E-state index in [4.69, 9.17) is 0 Å². The third-order valence-corrected chi connectivity index (χ3v) is 2.07. The molecule has 0 rings (SSSR count). The molecule has 0 aromatic heterocycles. The standard InChI is InChI=1S/C2H2F4N2O3S/c3-1-8(7-9)12(10,11)2(4,5)6/h1H2. The second kappa shape index (κ2) is 3.21. The Kier molecular flexibility index (Phi) is 2.96. The number of rotatable bonds is 3. The van der Waals surface area contributed by atoms with Crippen LogP contribution in [0.5, 0.6) is 0 Å². The molecular weight excluding hydrogens is 208 g/mol. The van der Waals surface area contributed by atoms with Crippen LogP contribution in [0.1, 0.15) is 0 Å². The topological polar surface area (TPSA) is 66.8 Å². The molecule has 0 aliphatic carbocycles. The molecule has 5 nitrogen and oxygen atoms in total. The van der Waals surface area contributed by atoms with E-state index in [-0.39, 0.29) is 0 Å². The summed E-state index contributed by atoms with van der Waals surface area (Å²) in [6, 6.07) is 0. The molecule has 0 atom stereocenters. The number of nitroso groups, excluding NO2 is 1. The van der Waals surface area contributed by atoms with Crippen molar-refractivity contribution in [3.05, 3.63) is 4.91 Å². The summed E-state index contributed by atoms with van der Waals surface area (Å²) in [5.74, 6) is 0. The summed E-state index contributed by atoms with van der Waals surface area (Å²) < 4.78 is 64.8. The third kappa shape index (κ3) is 1.81. The first-order chi connectivity index (χ1) is 5.27. The maximum atomic E-state index is 11.5. The van der Waals surface area contributed by atoms with Crippen molar-refractivity contribution in [1.82, 2.24) is 4.41 Å². The van der Waals surface area contributed by atoms with Crippen LogP contribution in [0.4, 0.5) is 17.6 Å². The summed E-state index contributed by atoms with van der Waals surface area (Å²) in [7, 11) is -5.96. The second-order valence-electron chi connectivity index (χ2n) is 1.47. The molecule has 0 radical (unpaired) electrons. The fourth-order valence-electron chi connectivity index (χ4n) is 0.249. The van der Waals surface area contributed by atoms with Crippen molar-refractivity contribution < 1.29 is 26.0 Å². The molecule has 0 saturated heterocycles. The Morgan fingerprint density at radius 1 is 1.33 bits per heavy atom. The lowest BCUT2D eigenvalue weighted by molar-refractivity contribution is -0.0499. The summed E-state index contributed by atoms with van der Waals surface area (Å²) >= 11 is 0. The highest BCUT2D eigenvalue weighted by Crippen LogP contribution is 2.26. The molecule has 0 heterocycles. The van der Waals surface area contributed by atoms with Crippen LogP contribution in [0, 0.1) is 4.91 Å². The van der Waals surface area contributed by atoms with E-state index < -0.39 is 26.7 Å². The molecule has 0 bridgehead atoms. The van der Waals surface area contributed by atoms with Crippen molar-refractivity contribution in [1.29, 1.82) is 0 Å². The molecular formula is C2H2F4N2O3S. The average Bonchev–Trinajstić information content (AvgIpc) is 1.87. The Balaban J connectivity index is 4.98. The summed E-state index contributed by atoms with van der Waals surface area (Å²) in [6.45, 7) is -2.15. The number of sulfonamides is 1. The first-order valence-corrected chi connectivity index (χ1v) is 3.69. The van der Waals surface area contributed by atoms with Gasteiger partial charge in [-0.1, -0.05) is 0 Å². The lowest BCUT2D eigenvalue weighted by Gasteiger charge is -2.12. The fraction of sp³-hybridized carbons (Fsp3) is 1.00. The number of alkyl halides is 4. The van der Waals surface area contributed by atoms with Gasteiger partial charge in [-0.2, -0.15) is 21.6 Å². The monoisotopic (exact) mass is 210 g/mol. The predicted octanol–water partition coefficient (Wildman–Crippen LogP) is 0.746. The van der Waals surface area contributed by atoms with Crippen LogP contribution in [0.25, 0.3) is 0 Å². The van der Waals surface area contributed by atoms with E-state index >= 15 is 0 Å². The van der Waals surface area contributed by atoms with Gasteiger partial charge in [0.25, 0.3) is 0 Å². The first kappa shape index (κ1) is 11.1.